The molecule has 124 valence electrons. The molecule has 0 radical (unpaired) electrons. The van der Waals surface area contributed by atoms with E-state index in [-0.39, 0.29) is 23.6 Å². The Labute approximate surface area is 144 Å². The predicted octanol–water partition coefficient (Wildman–Crippen LogP) is 4.02. The Morgan fingerprint density at radius 3 is 2.40 bits per heavy atom. The lowest BCUT2D eigenvalue weighted by Crippen LogP contribution is -2.15. The zero-order valence-electron chi connectivity index (χ0n) is 13.4. The van der Waals surface area contributed by atoms with Crippen LogP contribution in [0.1, 0.15) is 17.9 Å². The van der Waals surface area contributed by atoms with Gasteiger partial charge in [0, 0.05) is 11.5 Å². The molecule has 4 rings (SSSR count). The zero-order valence-corrected chi connectivity index (χ0v) is 13.4. The van der Waals surface area contributed by atoms with Crippen molar-refractivity contribution in [2.75, 3.05) is 5.32 Å². The van der Waals surface area contributed by atoms with Crippen molar-refractivity contribution in [2.24, 2.45) is 5.92 Å². The number of benzene rings is 2. The van der Waals surface area contributed by atoms with Crippen LogP contribution in [0.15, 0.2) is 66.7 Å². The van der Waals surface area contributed by atoms with Gasteiger partial charge in [-0.15, -0.1) is 10.2 Å². The number of hydrogen-bond donors (Lipinski definition) is 1. The van der Waals surface area contributed by atoms with Gasteiger partial charge in [-0.1, -0.05) is 42.5 Å². The molecule has 0 unspecified atom stereocenters. The molecule has 0 bridgehead atoms. The predicted molar refractivity (Wildman–Crippen MR) is 93.3 cm³/mol. The molecule has 2 aromatic carbocycles. The van der Waals surface area contributed by atoms with Gasteiger partial charge in [0.25, 0.3) is 0 Å². The highest BCUT2D eigenvalue weighted by Crippen LogP contribution is 2.47. The van der Waals surface area contributed by atoms with Crippen LogP contribution in [0.2, 0.25) is 0 Å². The van der Waals surface area contributed by atoms with E-state index in [0.29, 0.717) is 5.82 Å². The average Bonchev–Trinajstić information content (AvgIpc) is 3.45. The van der Waals surface area contributed by atoms with Crippen LogP contribution in [0.5, 0.6) is 0 Å². The van der Waals surface area contributed by atoms with E-state index in [1.807, 2.05) is 36.4 Å². The molecule has 1 aliphatic carbocycles. The summed E-state index contributed by atoms with van der Waals surface area (Å²) in [7, 11) is 0. The average molecular weight is 333 g/mol. The second-order valence-electron chi connectivity index (χ2n) is 6.16. The van der Waals surface area contributed by atoms with Crippen LogP contribution in [0, 0.1) is 11.7 Å². The Hall–Kier alpha value is -3.08. The van der Waals surface area contributed by atoms with E-state index in [1.165, 1.54) is 12.1 Å². The molecule has 0 spiro atoms. The number of nitrogens with zero attached hydrogens (tertiary/aromatic N) is 2. The fraction of sp³-hybridized carbons (Fsp3) is 0.150. The molecule has 0 aliphatic heterocycles. The van der Waals surface area contributed by atoms with Crippen LogP contribution < -0.4 is 5.32 Å². The smallest absolute Gasteiger partial charge is 0.229 e. The van der Waals surface area contributed by atoms with Crippen molar-refractivity contribution < 1.29 is 9.18 Å². The highest BCUT2D eigenvalue weighted by atomic mass is 19.1. The van der Waals surface area contributed by atoms with E-state index < -0.39 is 0 Å². The van der Waals surface area contributed by atoms with Crippen LogP contribution in [-0.2, 0) is 4.79 Å². The van der Waals surface area contributed by atoms with Gasteiger partial charge in [-0.2, -0.15) is 0 Å². The van der Waals surface area contributed by atoms with E-state index >= 15 is 0 Å². The van der Waals surface area contributed by atoms with Gasteiger partial charge in [-0.25, -0.2) is 4.39 Å². The van der Waals surface area contributed by atoms with Crippen molar-refractivity contribution in [3.05, 3.63) is 78.1 Å². The normalized spacial score (nSPS) is 18.6. The molecule has 1 amide bonds. The minimum absolute atomic E-state index is 0.0731. The molecule has 1 aromatic heterocycles. The first kappa shape index (κ1) is 15.4. The number of hydrogen-bond acceptors (Lipinski definition) is 3. The first-order valence-corrected chi connectivity index (χ1v) is 8.16. The minimum atomic E-state index is -0.265. The maximum atomic E-state index is 13.0. The zero-order chi connectivity index (χ0) is 17.2. The summed E-state index contributed by atoms with van der Waals surface area (Å²) in [5.74, 6) is 0.155. The molecule has 3 aromatic rings. The number of carbonyl (C=O) groups is 1. The van der Waals surface area contributed by atoms with Gasteiger partial charge in [0.2, 0.25) is 5.91 Å². The molecule has 1 saturated carbocycles. The van der Waals surface area contributed by atoms with Gasteiger partial charge < -0.3 is 5.32 Å². The molecular weight excluding hydrogens is 317 g/mol. The lowest BCUT2D eigenvalue weighted by Gasteiger charge is -2.05. The Morgan fingerprint density at radius 1 is 0.960 bits per heavy atom. The summed E-state index contributed by atoms with van der Waals surface area (Å²) in [5, 5.41) is 11.1. The maximum absolute atomic E-state index is 13.0. The second-order valence-corrected chi connectivity index (χ2v) is 6.16. The highest BCUT2D eigenvalue weighted by Gasteiger charge is 2.44. The lowest BCUT2D eigenvalue weighted by atomic mass is 10.1. The SMILES string of the molecule is O=C(Nc1ccc(-c2ccccc2)nn1)[C@@H]1C[C@H]1c1ccc(F)cc1. The summed E-state index contributed by atoms with van der Waals surface area (Å²) in [4.78, 5) is 12.3. The van der Waals surface area contributed by atoms with Crippen molar-refractivity contribution in [1.82, 2.24) is 10.2 Å². The van der Waals surface area contributed by atoms with Gasteiger partial charge in [-0.05, 0) is 42.2 Å². The number of rotatable bonds is 4. The number of amides is 1. The molecular formula is C20H16FN3O. The molecule has 4 nitrogen and oxygen atoms in total. The number of carbonyl (C=O) groups excluding carboxylic acids is 1. The van der Waals surface area contributed by atoms with Gasteiger partial charge in [0.15, 0.2) is 5.82 Å². The van der Waals surface area contributed by atoms with E-state index in [9.17, 15) is 9.18 Å². The van der Waals surface area contributed by atoms with Crippen LogP contribution in [0.4, 0.5) is 10.2 Å². The largest absolute Gasteiger partial charge is 0.309 e. The van der Waals surface area contributed by atoms with Crippen LogP contribution in [0.3, 0.4) is 0 Å². The summed E-state index contributed by atoms with van der Waals surface area (Å²) in [6, 6.07) is 19.7. The highest BCUT2D eigenvalue weighted by molar-refractivity contribution is 5.94. The summed E-state index contributed by atoms with van der Waals surface area (Å²) in [5.41, 5.74) is 2.73. The van der Waals surface area contributed by atoms with Crippen LogP contribution in [0.25, 0.3) is 11.3 Å². The summed E-state index contributed by atoms with van der Waals surface area (Å²) in [6.07, 6.45) is 0.771. The molecule has 1 N–H and O–H groups in total. The topological polar surface area (TPSA) is 54.9 Å². The van der Waals surface area contributed by atoms with Gasteiger partial charge >= 0.3 is 0 Å². The number of aromatic nitrogens is 2. The van der Waals surface area contributed by atoms with Crippen molar-refractivity contribution in [3.8, 4) is 11.3 Å². The number of anilines is 1. The van der Waals surface area contributed by atoms with Gasteiger partial charge in [-0.3, -0.25) is 4.79 Å². The molecule has 1 heterocycles. The molecule has 5 heteroatoms. The Kier molecular flexibility index (Phi) is 3.98. The lowest BCUT2D eigenvalue weighted by molar-refractivity contribution is -0.117. The third kappa shape index (κ3) is 3.40. The first-order chi connectivity index (χ1) is 12.2. The Morgan fingerprint density at radius 2 is 1.72 bits per heavy atom. The quantitative estimate of drug-likeness (QED) is 0.784. The Balaban J connectivity index is 1.39. The molecule has 25 heavy (non-hydrogen) atoms. The molecule has 2 atom stereocenters. The van der Waals surface area contributed by atoms with Crippen LogP contribution >= 0.6 is 0 Å². The third-order valence-corrected chi connectivity index (χ3v) is 4.41. The van der Waals surface area contributed by atoms with Gasteiger partial charge in [0.1, 0.15) is 5.82 Å². The van der Waals surface area contributed by atoms with Crippen molar-refractivity contribution in [2.45, 2.75) is 12.3 Å². The summed E-state index contributed by atoms with van der Waals surface area (Å²) < 4.78 is 13.0. The standard InChI is InChI=1S/C20H16FN3O/c21-15-8-6-13(7-9-15)16-12-17(16)20(25)22-19-11-10-18(23-24-19)14-4-2-1-3-5-14/h1-11,16-17H,12H2,(H,22,24,25)/t16-,17+/m0/s1. The minimum Gasteiger partial charge on any atom is -0.309 e. The number of nitrogens with one attached hydrogen (secondary N) is 1. The third-order valence-electron chi connectivity index (χ3n) is 4.41. The maximum Gasteiger partial charge on any atom is 0.229 e. The molecule has 1 aliphatic rings. The van der Waals surface area contributed by atoms with E-state index in [4.69, 9.17) is 0 Å². The van der Waals surface area contributed by atoms with Crippen LogP contribution in [-0.4, -0.2) is 16.1 Å². The van der Waals surface area contributed by atoms with E-state index in [2.05, 4.69) is 15.5 Å². The number of halogens is 1. The first-order valence-electron chi connectivity index (χ1n) is 8.16. The summed E-state index contributed by atoms with van der Waals surface area (Å²) in [6.45, 7) is 0. The van der Waals surface area contributed by atoms with E-state index in [0.717, 1.165) is 23.2 Å². The fourth-order valence-corrected chi connectivity index (χ4v) is 2.94. The van der Waals surface area contributed by atoms with Crippen molar-refractivity contribution in [3.63, 3.8) is 0 Å². The molecule has 0 saturated heterocycles. The van der Waals surface area contributed by atoms with E-state index in [1.54, 1.807) is 18.2 Å². The Bertz CT molecular complexity index is 879. The second kappa shape index (κ2) is 6.43. The monoisotopic (exact) mass is 333 g/mol. The van der Waals surface area contributed by atoms with Crippen molar-refractivity contribution >= 4 is 11.7 Å². The molecule has 1 fully saturated rings. The fourth-order valence-electron chi connectivity index (χ4n) is 2.94. The summed E-state index contributed by atoms with van der Waals surface area (Å²) >= 11 is 0. The van der Waals surface area contributed by atoms with Crippen molar-refractivity contribution in [1.29, 1.82) is 0 Å². The van der Waals surface area contributed by atoms with Gasteiger partial charge in [0.05, 0.1) is 5.69 Å².